The van der Waals surface area contributed by atoms with Gasteiger partial charge in [0.05, 0.1) is 13.0 Å². The molecule has 0 aromatic rings. The van der Waals surface area contributed by atoms with E-state index in [1.807, 2.05) is 0 Å². The average molecular weight is 176 g/mol. The van der Waals surface area contributed by atoms with E-state index in [1.54, 1.807) is 25.8 Å². The van der Waals surface area contributed by atoms with Gasteiger partial charge < -0.3 is 9.47 Å². The molecular weight excluding hydrogens is 164 g/mol. The van der Waals surface area contributed by atoms with E-state index in [2.05, 4.69) is 0 Å². The van der Waals surface area contributed by atoms with Crippen LogP contribution in [-0.4, -0.2) is 30.4 Å². The van der Waals surface area contributed by atoms with Crippen molar-refractivity contribution in [2.75, 3.05) is 19.5 Å². The molecule has 1 atom stereocenters. The predicted octanol–water partition coefficient (Wildman–Crippen LogP) is 1.03. The molecule has 1 saturated heterocycles. The van der Waals surface area contributed by atoms with Crippen LogP contribution in [0.15, 0.2) is 0 Å². The minimum absolute atomic E-state index is 0.0984. The molecule has 0 aromatic carbocycles. The molecule has 1 fully saturated rings. The Morgan fingerprint density at radius 2 is 2.55 bits per heavy atom. The van der Waals surface area contributed by atoms with Crippen molar-refractivity contribution in [2.24, 2.45) is 0 Å². The number of Topliss-reactive ketones (excluding diaryl/α,β-unsaturated/α-hetero) is 1. The minimum Gasteiger partial charge on any atom is -0.344 e. The minimum atomic E-state index is -0.675. The molecule has 0 radical (unpaired) electrons. The molecule has 3 nitrogen and oxygen atoms in total. The van der Waals surface area contributed by atoms with Crippen LogP contribution in [0.2, 0.25) is 0 Å². The van der Waals surface area contributed by atoms with Crippen molar-refractivity contribution in [3.05, 3.63) is 0 Å². The molecule has 4 heteroatoms. The van der Waals surface area contributed by atoms with Crippen LogP contribution in [0.25, 0.3) is 0 Å². The lowest BCUT2D eigenvalue weighted by Crippen LogP contribution is -2.29. The van der Waals surface area contributed by atoms with E-state index in [1.165, 1.54) is 0 Å². The fourth-order valence-electron chi connectivity index (χ4n) is 1.03. The van der Waals surface area contributed by atoms with Gasteiger partial charge in [0.25, 0.3) is 0 Å². The van der Waals surface area contributed by atoms with E-state index < -0.39 is 5.12 Å². The van der Waals surface area contributed by atoms with E-state index >= 15 is 0 Å². The van der Waals surface area contributed by atoms with Crippen molar-refractivity contribution in [2.45, 2.75) is 18.5 Å². The topological polar surface area (TPSA) is 35.5 Å². The van der Waals surface area contributed by atoms with Crippen molar-refractivity contribution in [3.63, 3.8) is 0 Å². The van der Waals surface area contributed by atoms with Gasteiger partial charge in [0.2, 0.25) is 5.12 Å². The molecule has 0 saturated carbocycles. The van der Waals surface area contributed by atoms with E-state index in [0.717, 1.165) is 5.75 Å². The number of ketones is 1. The molecular formula is C7H12O3S. The highest BCUT2D eigenvalue weighted by Crippen LogP contribution is 2.36. The summed E-state index contributed by atoms with van der Waals surface area (Å²) in [5.41, 5.74) is 0. The van der Waals surface area contributed by atoms with Gasteiger partial charge in [-0.25, -0.2) is 0 Å². The summed E-state index contributed by atoms with van der Waals surface area (Å²) in [7, 11) is 1.57. The van der Waals surface area contributed by atoms with Crippen LogP contribution in [-0.2, 0) is 14.3 Å². The molecule has 0 amide bonds. The molecule has 1 aliphatic heterocycles. The molecule has 1 unspecified atom stereocenters. The Hall–Kier alpha value is -0.0600. The zero-order chi connectivity index (χ0) is 8.32. The van der Waals surface area contributed by atoms with Gasteiger partial charge in [-0.3, -0.25) is 4.79 Å². The van der Waals surface area contributed by atoms with Gasteiger partial charge in [-0.05, 0) is 6.92 Å². The highest BCUT2D eigenvalue weighted by molar-refractivity contribution is 8.00. The summed E-state index contributed by atoms with van der Waals surface area (Å²) >= 11 is 1.55. The summed E-state index contributed by atoms with van der Waals surface area (Å²) < 4.78 is 10.4. The average Bonchev–Trinajstić information content (AvgIpc) is 2.36. The number of methoxy groups -OCH3 is 1. The Balaban J connectivity index is 2.52. The molecule has 1 rings (SSSR count). The smallest absolute Gasteiger partial charge is 0.225 e. The summed E-state index contributed by atoms with van der Waals surface area (Å²) in [4.78, 5) is 10.8. The van der Waals surface area contributed by atoms with E-state index in [4.69, 9.17) is 9.47 Å². The van der Waals surface area contributed by atoms with Crippen molar-refractivity contribution in [1.29, 1.82) is 0 Å². The molecule has 0 aliphatic carbocycles. The number of hydrogen-bond acceptors (Lipinski definition) is 4. The lowest BCUT2D eigenvalue weighted by Gasteiger charge is -2.23. The van der Waals surface area contributed by atoms with E-state index in [-0.39, 0.29) is 5.78 Å². The Bertz CT molecular complexity index is 152. The fraction of sp³-hybridized carbons (Fsp3) is 0.857. The van der Waals surface area contributed by atoms with Crippen molar-refractivity contribution < 1.29 is 14.3 Å². The molecule has 0 spiro atoms. The van der Waals surface area contributed by atoms with Gasteiger partial charge in [-0.1, -0.05) is 11.8 Å². The van der Waals surface area contributed by atoms with Gasteiger partial charge >= 0.3 is 0 Å². The van der Waals surface area contributed by atoms with Gasteiger partial charge in [-0.15, -0.1) is 0 Å². The van der Waals surface area contributed by atoms with Crippen LogP contribution in [0.3, 0.4) is 0 Å². The van der Waals surface area contributed by atoms with Gasteiger partial charge in [0.1, 0.15) is 5.78 Å². The number of thioether (sulfide) groups is 1. The van der Waals surface area contributed by atoms with Gasteiger partial charge in [0, 0.05) is 12.9 Å². The fourth-order valence-corrected chi connectivity index (χ4v) is 2.10. The number of carbonyl (C=O) groups is 1. The molecule has 1 heterocycles. The third-order valence-corrected chi connectivity index (χ3v) is 2.74. The molecule has 11 heavy (non-hydrogen) atoms. The van der Waals surface area contributed by atoms with Crippen LogP contribution in [0.1, 0.15) is 13.3 Å². The van der Waals surface area contributed by atoms with Crippen molar-refractivity contribution in [1.82, 2.24) is 0 Å². The van der Waals surface area contributed by atoms with Crippen molar-refractivity contribution >= 4 is 17.5 Å². The first-order chi connectivity index (χ1) is 5.18. The third-order valence-electron chi connectivity index (χ3n) is 1.50. The second kappa shape index (κ2) is 3.56. The lowest BCUT2D eigenvalue weighted by molar-refractivity contribution is -0.154. The van der Waals surface area contributed by atoms with Gasteiger partial charge in [-0.2, -0.15) is 0 Å². The third kappa shape index (κ3) is 2.18. The molecule has 0 N–H and O–H groups in total. The largest absolute Gasteiger partial charge is 0.344 e. The lowest BCUT2D eigenvalue weighted by atomic mass is 10.3. The van der Waals surface area contributed by atoms with E-state index in [0.29, 0.717) is 13.0 Å². The monoisotopic (exact) mass is 176 g/mol. The quantitative estimate of drug-likeness (QED) is 0.643. The second-order valence-corrected chi connectivity index (χ2v) is 3.78. The van der Waals surface area contributed by atoms with Crippen LogP contribution < -0.4 is 0 Å². The maximum Gasteiger partial charge on any atom is 0.225 e. The maximum absolute atomic E-state index is 10.8. The Morgan fingerprint density at radius 1 is 1.82 bits per heavy atom. The summed E-state index contributed by atoms with van der Waals surface area (Å²) in [5.74, 6) is 1.00. The normalized spacial score (nSPS) is 30.7. The number of ether oxygens (including phenoxy) is 2. The van der Waals surface area contributed by atoms with Crippen LogP contribution in [0.4, 0.5) is 0 Å². The summed E-state index contributed by atoms with van der Waals surface area (Å²) in [5, 5.41) is -0.675. The summed E-state index contributed by atoms with van der Waals surface area (Å²) in [6, 6.07) is 0. The van der Waals surface area contributed by atoms with Gasteiger partial charge in [0.15, 0.2) is 0 Å². The first-order valence-electron chi connectivity index (χ1n) is 3.51. The van der Waals surface area contributed by atoms with E-state index in [9.17, 15) is 4.79 Å². The first kappa shape index (κ1) is 9.03. The maximum atomic E-state index is 10.8. The highest BCUT2D eigenvalue weighted by Gasteiger charge is 2.37. The Kier molecular flexibility index (Phi) is 2.92. The molecule has 64 valence electrons. The van der Waals surface area contributed by atoms with Crippen LogP contribution in [0.5, 0.6) is 0 Å². The van der Waals surface area contributed by atoms with Crippen LogP contribution >= 0.6 is 11.8 Å². The second-order valence-electron chi connectivity index (χ2n) is 2.46. The summed E-state index contributed by atoms with van der Waals surface area (Å²) in [6.45, 7) is 2.22. The first-order valence-corrected chi connectivity index (χ1v) is 4.49. The number of rotatable bonds is 3. The standard InChI is InChI=1S/C7H12O3S/c1-6(8)5-7(9-2)10-3-4-11-7/h3-5H2,1-2H3. The molecule has 0 bridgehead atoms. The number of carbonyl (C=O) groups excluding carboxylic acids is 1. The Labute approximate surface area is 70.4 Å². The highest BCUT2D eigenvalue weighted by atomic mass is 32.2. The zero-order valence-electron chi connectivity index (χ0n) is 6.75. The van der Waals surface area contributed by atoms with Crippen LogP contribution in [0, 0.1) is 0 Å². The number of hydrogen-bond donors (Lipinski definition) is 0. The summed E-state index contributed by atoms with van der Waals surface area (Å²) in [6.07, 6.45) is 0.341. The SMILES string of the molecule is COC1(CC(C)=O)OCCS1. The predicted molar refractivity (Wildman–Crippen MR) is 43.4 cm³/mol. The molecule has 1 aliphatic rings. The Morgan fingerprint density at radius 3 is 2.91 bits per heavy atom. The van der Waals surface area contributed by atoms with Crippen molar-refractivity contribution in [3.8, 4) is 0 Å². The molecule has 0 aromatic heterocycles. The zero-order valence-corrected chi connectivity index (χ0v) is 7.57.